The van der Waals surface area contributed by atoms with Gasteiger partial charge in [0.25, 0.3) is 5.91 Å². The molecular weight excluding hydrogens is 264 g/mol. The summed E-state index contributed by atoms with van der Waals surface area (Å²) >= 11 is 5.88. The van der Waals surface area contributed by atoms with E-state index in [9.17, 15) is 4.79 Å². The van der Waals surface area contributed by atoms with E-state index in [1.807, 2.05) is 17.9 Å². The molecule has 1 saturated heterocycles. The molecule has 0 atom stereocenters. The zero-order valence-corrected chi connectivity index (χ0v) is 12.2. The lowest BCUT2D eigenvalue weighted by molar-refractivity contribution is -0.883. The van der Waals surface area contributed by atoms with Crippen LogP contribution in [-0.4, -0.2) is 50.6 Å². The molecule has 2 rings (SSSR count). The van der Waals surface area contributed by atoms with Crippen molar-refractivity contribution in [2.45, 2.75) is 6.92 Å². The van der Waals surface area contributed by atoms with Gasteiger partial charge in [-0.1, -0.05) is 11.6 Å². The summed E-state index contributed by atoms with van der Waals surface area (Å²) in [6.45, 7) is 5.66. The number of amides is 1. The van der Waals surface area contributed by atoms with Crippen LogP contribution in [0.25, 0.3) is 0 Å². The highest BCUT2D eigenvalue weighted by Crippen LogP contribution is 2.21. The molecule has 0 bridgehead atoms. The third-order valence-electron chi connectivity index (χ3n) is 3.46. The number of carbonyl (C=O) groups is 1. The first-order valence-corrected chi connectivity index (χ1v) is 6.92. The highest BCUT2D eigenvalue weighted by atomic mass is 35.5. The Kier molecular flexibility index (Phi) is 4.66. The van der Waals surface area contributed by atoms with Crippen LogP contribution in [0.2, 0.25) is 5.02 Å². The number of quaternary nitrogens is 1. The van der Waals surface area contributed by atoms with E-state index in [2.05, 4.69) is 7.05 Å². The minimum atomic E-state index is 0.0573. The zero-order chi connectivity index (χ0) is 13.8. The van der Waals surface area contributed by atoms with E-state index in [-0.39, 0.29) is 12.5 Å². The van der Waals surface area contributed by atoms with Crippen LogP contribution >= 0.6 is 11.6 Å². The molecule has 5 heteroatoms. The largest absolute Gasteiger partial charge is 0.483 e. The van der Waals surface area contributed by atoms with Gasteiger partial charge in [-0.25, -0.2) is 0 Å². The van der Waals surface area contributed by atoms with Crippen molar-refractivity contribution in [1.29, 1.82) is 0 Å². The van der Waals surface area contributed by atoms with Crippen molar-refractivity contribution < 1.29 is 14.4 Å². The Morgan fingerprint density at radius 2 is 2.11 bits per heavy atom. The first-order chi connectivity index (χ1) is 9.06. The molecule has 0 radical (unpaired) electrons. The van der Waals surface area contributed by atoms with Crippen LogP contribution in [0.15, 0.2) is 18.2 Å². The fourth-order valence-electron chi connectivity index (χ4n) is 2.14. The number of hydrogen-bond donors (Lipinski definition) is 1. The topological polar surface area (TPSA) is 34.0 Å². The van der Waals surface area contributed by atoms with Crippen molar-refractivity contribution in [3.63, 3.8) is 0 Å². The van der Waals surface area contributed by atoms with Gasteiger partial charge in [0.2, 0.25) is 0 Å². The molecule has 1 aliphatic heterocycles. The minimum Gasteiger partial charge on any atom is -0.483 e. The summed E-state index contributed by atoms with van der Waals surface area (Å²) < 4.78 is 5.58. The average molecular weight is 284 g/mol. The Bertz CT molecular complexity index is 457. The first kappa shape index (κ1) is 14.2. The van der Waals surface area contributed by atoms with Crippen molar-refractivity contribution in [3.05, 3.63) is 28.8 Å². The second kappa shape index (κ2) is 6.26. The minimum absolute atomic E-state index is 0.0573. The number of halogens is 1. The van der Waals surface area contributed by atoms with Gasteiger partial charge in [0.1, 0.15) is 5.75 Å². The number of nitrogens with zero attached hydrogens (tertiary/aromatic N) is 1. The molecule has 0 aliphatic carbocycles. The summed E-state index contributed by atoms with van der Waals surface area (Å²) in [5.74, 6) is 0.777. The Morgan fingerprint density at radius 1 is 1.42 bits per heavy atom. The Hall–Kier alpha value is -1.26. The summed E-state index contributed by atoms with van der Waals surface area (Å²) in [4.78, 5) is 15.4. The van der Waals surface area contributed by atoms with Crippen molar-refractivity contribution in [3.8, 4) is 5.75 Å². The van der Waals surface area contributed by atoms with Gasteiger partial charge in [-0.2, -0.15) is 0 Å². The van der Waals surface area contributed by atoms with E-state index < -0.39 is 0 Å². The molecular formula is C14H20ClN2O2+. The molecule has 1 N–H and O–H groups in total. The Balaban J connectivity index is 1.86. The van der Waals surface area contributed by atoms with E-state index in [0.29, 0.717) is 5.02 Å². The van der Waals surface area contributed by atoms with Crippen molar-refractivity contribution in [1.82, 2.24) is 4.90 Å². The van der Waals surface area contributed by atoms with E-state index in [1.165, 1.54) is 4.90 Å². The second-order valence-electron chi connectivity index (χ2n) is 5.04. The number of rotatable bonds is 3. The highest BCUT2D eigenvalue weighted by Gasteiger charge is 2.21. The molecule has 104 valence electrons. The van der Waals surface area contributed by atoms with Gasteiger partial charge in [-0.05, 0) is 30.7 Å². The second-order valence-corrected chi connectivity index (χ2v) is 5.47. The number of piperazine rings is 1. The monoisotopic (exact) mass is 283 g/mol. The standard InChI is InChI=1S/C14H19ClN2O2/c1-11-9-12(15)3-4-13(11)19-10-14(18)17-7-5-16(2)6-8-17/h3-4,9H,5-8,10H2,1-2H3/p+1. The van der Waals surface area contributed by atoms with Crippen molar-refractivity contribution >= 4 is 17.5 Å². The molecule has 0 unspecified atom stereocenters. The zero-order valence-electron chi connectivity index (χ0n) is 11.4. The molecule has 1 aromatic carbocycles. The third-order valence-corrected chi connectivity index (χ3v) is 3.69. The SMILES string of the molecule is Cc1cc(Cl)ccc1OCC(=O)N1CC[NH+](C)CC1. The molecule has 0 saturated carbocycles. The quantitative estimate of drug-likeness (QED) is 0.871. The predicted molar refractivity (Wildman–Crippen MR) is 74.9 cm³/mol. The third kappa shape index (κ3) is 3.85. The normalized spacial score (nSPS) is 16.5. The van der Waals surface area contributed by atoms with Crippen LogP contribution in [0.3, 0.4) is 0 Å². The number of ether oxygens (including phenoxy) is 1. The highest BCUT2D eigenvalue weighted by molar-refractivity contribution is 6.30. The van der Waals surface area contributed by atoms with Crippen molar-refractivity contribution in [2.24, 2.45) is 0 Å². The lowest BCUT2D eigenvalue weighted by Gasteiger charge is -2.30. The number of carbonyl (C=O) groups excluding carboxylic acids is 1. The van der Waals surface area contributed by atoms with Crippen molar-refractivity contribution in [2.75, 3.05) is 39.8 Å². The number of nitrogens with one attached hydrogen (secondary N) is 1. The summed E-state index contributed by atoms with van der Waals surface area (Å²) in [7, 11) is 2.15. The van der Waals surface area contributed by atoms with E-state index in [4.69, 9.17) is 16.3 Å². The van der Waals surface area contributed by atoms with E-state index in [1.54, 1.807) is 12.1 Å². The molecule has 0 aromatic heterocycles. The van der Waals surface area contributed by atoms with E-state index in [0.717, 1.165) is 37.5 Å². The molecule has 1 amide bonds. The maximum atomic E-state index is 12.0. The molecule has 1 heterocycles. The number of likely N-dealkylation sites (N-methyl/N-ethyl adjacent to an activating group) is 1. The first-order valence-electron chi connectivity index (χ1n) is 6.54. The van der Waals surface area contributed by atoms with Crippen LogP contribution in [0.5, 0.6) is 5.75 Å². The fourth-order valence-corrected chi connectivity index (χ4v) is 2.37. The number of aryl methyl sites for hydroxylation is 1. The average Bonchev–Trinajstić information content (AvgIpc) is 2.38. The van der Waals surface area contributed by atoms with Gasteiger partial charge in [0, 0.05) is 5.02 Å². The lowest BCUT2D eigenvalue weighted by atomic mass is 10.2. The van der Waals surface area contributed by atoms with Crippen LogP contribution in [0.4, 0.5) is 0 Å². The van der Waals surface area contributed by atoms with Gasteiger partial charge in [-0.15, -0.1) is 0 Å². The van der Waals surface area contributed by atoms with Crippen LogP contribution < -0.4 is 9.64 Å². The molecule has 19 heavy (non-hydrogen) atoms. The molecule has 1 aliphatic rings. The summed E-state index contributed by atoms with van der Waals surface area (Å²) in [5, 5.41) is 0.679. The fraction of sp³-hybridized carbons (Fsp3) is 0.500. The van der Waals surface area contributed by atoms with Gasteiger partial charge >= 0.3 is 0 Å². The van der Waals surface area contributed by atoms with Gasteiger partial charge in [0.15, 0.2) is 6.61 Å². The molecule has 1 aromatic rings. The van der Waals surface area contributed by atoms with Crippen LogP contribution in [0.1, 0.15) is 5.56 Å². The number of benzene rings is 1. The van der Waals surface area contributed by atoms with Gasteiger partial charge in [0.05, 0.1) is 33.2 Å². The Morgan fingerprint density at radius 3 is 2.74 bits per heavy atom. The smallest absolute Gasteiger partial charge is 0.260 e. The van der Waals surface area contributed by atoms with Gasteiger partial charge in [-0.3, -0.25) is 4.79 Å². The summed E-state index contributed by atoms with van der Waals surface area (Å²) in [6.07, 6.45) is 0. The molecule has 0 spiro atoms. The predicted octanol–water partition coefficient (Wildman–Crippen LogP) is 0.384. The summed E-state index contributed by atoms with van der Waals surface area (Å²) in [5.41, 5.74) is 0.947. The molecule has 1 fully saturated rings. The maximum absolute atomic E-state index is 12.0. The maximum Gasteiger partial charge on any atom is 0.260 e. The summed E-state index contributed by atoms with van der Waals surface area (Å²) in [6, 6.07) is 5.41. The van der Waals surface area contributed by atoms with E-state index >= 15 is 0 Å². The number of hydrogen-bond acceptors (Lipinski definition) is 2. The van der Waals surface area contributed by atoms with Gasteiger partial charge < -0.3 is 14.5 Å². The Labute approximate surface area is 118 Å². The van der Waals surface area contributed by atoms with Crippen LogP contribution in [-0.2, 0) is 4.79 Å². The molecule has 4 nitrogen and oxygen atoms in total. The lowest BCUT2D eigenvalue weighted by Crippen LogP contribution is -3.12. The van der Waals surface area contributed by atoms with Crippen LogP contribution in [0, 0.1) is 6.92 Å².